The van der Waals surface area contributed by atoms with Crippen LogP contribution in [0.4, 0.5) is 0 Å². The molecule has 88 valence electrons. The second kappa shape index (κ2) is 4.08. The van der Waals surface area contributed by atoms with Crippen LogP contribution in [0.1, 0.15) is 35.1 Å². The Morgan fingerprint density at radius 2 is 2.41 bits per heavy atom. The number of amides is 1. The summed E-state index contributed by atoms with van der Waals surface area (Å²) in [6.45, 7) is 0.481. The van der Waals surface area contributed by atoms with E-state index in [-0.39, 0.29) is 5.91 Å². The molecule has 1 aliphatic carbocycles. The molecule has 0 unspecified atom stereocenters. The first-order valence-corrected chi connectivity index (χ1v) is 5.78. The summed E-state index contributed by atoms with van der Waals surface area (Å²) in [4.78, 5) is 12.0. The van der Waals surface area contributed by atoms with E-state index in [1.54, 1.807) is 6.20 Å². The fraction of sp³-hybridized carbons (Fsp3) is 0.333. The predicted molar refractivity (Wildman–Crippen MR) is 62.5 cm³/mol. The average molecular weight is 230 g/mol. The van der Waals surface area contributed by atoms with Gasteiger partial charge in [-0.1, -0.05) is 0 Å². The topological polar surface area (TPSA) is 62.7 Å². The number of hydrogen-bond acceptors (Lipinski definition) is 2. The third-order valence-corrected chi connectivity index (χ3v) is 2.95. The maximum absolute atomic E-state index is 12.0. The van der Waals surface area contributed by atoms with Gasteiger partial charge in [0.2, 0.25) is 0 Å². The van der Waals surface area contributed by atoms with Crippen LogP contribution >= 0.6 is 0 Å². The van der Waals surface area contributed by atoms with Gasteiger partial charge in [-0.05, 0) is 31.0 Å². The molecule has 2 aromatic rings. The molecule has 5 nitrogen and oxygen atoms in total. The summed E-state index contributed by atoms with van der Waals surface area (Å²) in [5.74, 6) is -0.0310. The molecule has 2 N–H and O–H groups in total. The van der Waals surface area contributed by atoms with Crippen LogP contribution in [0, 0.1) is 0 Å². The Hall–Kier alpha value is -2.04. The van der Waals surface area contributed by atoms with E-state index in [0.29, 0.717) is 12.6 Å². The van der Waals surface area contributed by atoms with Crippen molar-refractivity contribution < 1.29 is 4.79 Å². The third kappa shape index (κ3) is 2.08. The monoisotopic (exact) mass is 230 g/mol. The molecule has 1 amide bonds. The van der Waals surface area contributed by atoms with Crippen LogP contribution in [0.3, 0.4) is 0 Å². The van der Waals surface area contributed by atoms with Crippen molar-refractivity contribution in [3.8, 4) is 0 Å². The Labute approximate surface area is 98.8 Å². The van der Waals surface area contributed by atoms with Gasteiger partial charge in [-0.25, -0.2) is 0 Å². The van der Waals surface area contributed by atoms with E-state index in [2.05, 4.69) is 20.1 Å². The normalized spacial score (nSPS) is 14.8. The summed E-state index contributed by atoms with van der Waals surface area (Å²) in [6.07, 6.45) is 6.00. The first kappa shape index (κ1) is 10.1. The first-order valence-electron chi connectivity index (χ1n) is 5.78. The van der Waals surface area contributed by atoms with E-state index in [4.69, 9.17) is 0 Å². The van der Waals surface area contributed by atoms with Crippen LogP contribution in [-0.2, 0) is 6.54 Å². The molecule has 0 saturated heterocycles. The zero-order valence-corrected chi connectivity index (χ0v) is 9.39. The van der Waals surface area contributed by atoms with Gasteiger partial charge in [0.25, 0.3) is 5.91 Å². The van der Waals surface area contributed by atoms with Crippen LogP contribution in [0.2, 0.25) is 0 Å². The van der Waals surface area contributed by atoms with Gasteiger partial charge in [0.15, 0.2) is 0 Å². The number of aromatic amines is 1. The lowest BCUT2D eigenvalue weighted by Crippen LogP contribution is -2.25. The van der Waals surface area contributed by atoms with E-state index in [0.717, 1.165) is 11.4 Å². The molecule has 0 aliphatic heterocycles. The molecule has 17 heavy (non-hydrogen) atoms. The molecule has 3 rings (SSSR count). The molecule has 2 heterocycles. The highest BCUT2D eigenvalue weighted by molar-refractivity contribution is 5.92. The quantitative estimate of drug-likeness (QED) is 0.835. The van der Waals surface area contributed by atoms with Crippen molar-refractivity contribution in [1.29, 1.82) is 0 Å². The van der Waals surface area contributed by atoms with E-state index >= 15 is 0 Å². The van der Waals surface area contributed by atoms with E-state index in [1.807, 2.05) is 24.4 Å². The largest absolute Gasteiger partial charge is 0.345 e. The average Bonchev–Trinajstić information content (AvgIpc) is 2.88. The van der Waals surface area contributed by atoms with Crippen LogP contribution in [0.5, 0.6) is 0 Å². The molecule has 0 bridgehead atoms. The minimum Gasteiger partial charge on any atom is -0.345 e. The minimum absolute atomic E-state index is 0.0310. The summed E-state index contributed by atoms with van der Waals surface area (Å²) in [7, 11) is 0. The van der Waals surface area contributed by atoms with Crippen LogP contribution < -0.4 is 5.32 Å². The van der Waals surface area contributed by atoms with Crippen LogP contribution in [0.15, 0.2) is 30.6 Å². The summed E-state index contributed by atoms with van der Waals surface area (Å²) in [5, 5.41) is 9.53. The second-order valence-corrected chi connectivity index (χ2v) is 4.30. The smallest absolute Gasteiger partial charge is 0.268 e. The lowest BCUT2D eigenvalue weighted by Gasteiger charge is -2.07. The number of nitrogens with one attached hydrogen (secondary N) is 2. The molecule has 0 aromatic carbocycles. The van der Waals surface area contributed by atoms with Gasteiger partial charge >= 0.3 is 0 Å². The standard InChI is InChI=1S/C12H14N4O/c17-12(13-8-9-5-6-14-15-9)11-2-1-7-16(11)10-3-4-10/h1-2,5-7,10H,3-4,8H2,(H,13,17)(H,14,15). The summed E-state index contributed by atoms with van der Waals surface area (Å²) < 4.78 is 2.06. The summed E-state index contributed by atoms with van der Waals surface area (Å²) in [5.41, 5.74) is 1.65. The molecule has 1 fully saturated rings. The zero-order chi connectivity index (χ0) is 11.7. The van der Waals surface area contributed by atoms with Gasteiger partial charge < -0.3 is 9.88 Å². The SMILES string of the molecule is O=C(NCc1ccn[nH]1)c1cccn1C1CC1. The lowest BCUT2D eigenvalue weighted by atomic mass is 10.3. The van der Waals surface area contributed by atoms with E-state index in [9.17, 15) is 4.79 Å². The van der Waals surface area contributed by atoms with Crippen molar-refractivity contribution in [2.45, 2.75) is 25.4 Å². The van der Waals surface area contributed by atoms with Crippen molar-refractivity contribution in [2.24, 2.45) is 0 Å². The van der Waals surface area contributed by atoms with Crippen molar-refractivity contribution in [2.75, 3.05) is 0 Å². The van der Waals surface area contributed by atoms with Gasteiger partial charge in [-0.15, -0.1) is 0 Å². The Kier molecular flexibility index (Phi) is 2.44. The number of hydrogen-bond donors (Lipinski definition) is 2. The van der Waals surface area contributed by atoms with Crippen molar-refractivity contribution >= 4 is 5.91 Å². The van der Waals surface area contributed by atoms with Crippen molar-refractivity contribution in [3.05, 3.63) is 42.0 Å². The molecule has 1 saturated carbocycles. The summed E-state index contributed by atoms with van der Waals surface area (Å²) in [6, 6.07) is 6.16. The summed E-state index contributed by atoms with van der Waals surface area (Å²) >= 11 is 0. The Morgan fingerprint density at radius 3 is 3.12 bits per heavy atom. The second-order valence-electron chi connectivity index (χ2n) is 4.30. The molecule has 5 heteroatoms. The molecular weight excluding hydrogens is 216 g/mol. The first-order chi connectivity index (χ1) is 8.34. The maximum atomic E-state index is 12.0. The maximum Gasteiger partial charge on any atom is 0.268 e. The number of rotatable bonds is 4. The van der Waals surface area contributed by atoms with Gasteiger partial charge in [-0.2, -0.15) is 5.10 Å². The fourth-order valence-corrected chi connectivity index (χ4v) is 1.91. The van der Waals surface area contributed by atoms with Gasteiger partial charge in [0, 0.05) is 18.4 Å². The molecule has 1 aliphatic rings. The predicted octanol–water partition coefficient (Wildman–Crippen LogP) is 1.48. The number of carbonyl (C=O) groups excluding carboxylic acids is 1. The fourth-order valence-electron chi connectivity index (χ4n) is 1.91. The minimum atomic E-state index is -0.0310. The Bertz CT molecular complexity index is 510. The van der Waals surface area contributed by atoms with Crippen LogP contribution in [0.25, 0.3) is 0 Å². The number of carbonyl (C=O) groups is 1. The van der Waals surface area contributed by atoms with Gasteiger partial charge in [0.05, 0.1) is 12.2 Å². The highest BCUT2D eigenvalue weighted by Gasteiger charge is 2.26. The van der Waals surface area contributed by atoms with Crippen molar-refractivity contribution in [1.82, 2.24) is 20.1 Å². The Balaban J connectivity index is 1.67. The lowest BCUT2D eigenvalue weighted by molar-refractivity contribution is 0.0941. The highest BCUT2D eigenvalue weighted by atomic mass is 16.1. The molecular formula is C12H14N4O. The number of nitrogens with zero attached hydrogens (tertiary/aromatic N) is 2. The van der Waals surface area contributed by atoms with E-state index < -0.39 is 0 Å². The number of H-pyrrole nitrogens is 1. The molecule has 0 spiro atoms. The van der Waals surface area contributed by atoms with Gasteiger partial charge in [-0.3, -0.25) is 9.89 Å². The molecule has 0 atom stereocenters. The van der Waals surface area contributed by atoms with Gasteiger partial charge in [0.1, 0.15) is 5.69 Å². The number of aromatic nitrogens is 3. The zero-order valence-electron chi connectivity index (χ0n) is 9.39. The molecule has 2 aromatic heterocycles. The van der Waals surface area contributed by atoms with Crippen LogP contribution in [-0.4, -0.2) is 20.7 Å². The van der Waals surface area contributed by atoms with E-state index in [1.165, 1.54) is 12.8 Å². The third-order valence-electron chi connectivity index (χ3n) is 2.95. The Morgan fingerprint density at radius 1 is 1.53 bits per heavy atom. The highest BCUT2D eigenvalue weighted by Crippen LogP contribution is 2.35. The molecule has 0 radical (unpaired) electrons. The van der Waals surface area contributed by atoms with Crippen molar-refractivity contribution in [3.63, 3.8) is 0 Å².